The van der Waals surface area contributed by atoms with E-state index in [0.29, 0.717) is 0 Å². The summed E-state index contributed by atoms with van der Waals surface area (Å²) in [5.74, 6) is -7.50. The first kappa shape index (κ1) is 26.1. The van der Waals surface area contributed by atoms with E-state index in [0.717, 1.165) is 6.08 Å². The van der Waals surface area contributed by atoms with E-state index in [4.69, 9.17) is 4.74 Å². The fraction of sp³-hybridized carbons (Fsp3) is 0.407. The third-order valence-corrected chi connectivity index (χ3v) is 7.42. The third-order valence-electron chi connectivity index (χ3n) is 7.42. The molecule has 1 aliphatic heterocycles. The summed E-state index contributed by atoms with van der Waals surface area (Å²) in [7, 11) is 0. The minimum absolute atomic E-state index is 0.141. The van der Waals surface area contributed by atoms with Gasteiger partial charge < -0.3 is 20.1 Å². The van der Waals surface area contributed by atoms with E-state index < -0.39 is 63.3 Å². The Morgan fingerprint density at radius 2 is 1.60 bits per heavy atom. The van der Waals surface area contributed by atoms with Crippen LogP contribution in [-0.4, -0.2) is 49.8 Å². The van der Waals surface area contributed by atoms with E-state index in [1.807, 2.05) is 0 Å². The number of carbonyl (C=O) groups is 4. The van der Waals surface area contributed by atoms with Crippen LogP contribution in [0, 0.1) is 17.3 Å². The highest BCUT2D eigenvalue weighted by molar-refractivity contribution is 6.22. The van der Waals surface area contributed by atoms with E-state index in [1.165, 1.54) is 39.0 Å². The maximum Gasteiger partial charge on any atom is 0.338 e. The number of hydrogen-bond donors (Lipinski definition) is 3. The SMILES string of the molecule is C/C=C/C=C/C(=O)[C@@]1([C@]2(C)OC(=O)C(C)=C2O)C[C@H]2\C(=C(O)/C=C/C=C/C)C(=O)C1C(=O)[C@]2(C)O. The molecule has 186 valence electrons. The fourth-order valence-electron chi connectivity index (χ4n) is 5.45. The average molecular weight is 483 g/mol. The predicted molar refractivity (Wildman–Crippen MR) is 127 cm³/mol. The molecule has 0 radical (unpaired) electrons. The first-order chi connectivity index (χ1) is 16.3. The molecule has 0 amide bonds. The van der Waals surface area contributed by atoms with Gasteiger partial charge in [0, 0.05) is 11.5 Å². The van der Waals surface area contributed by atoms with Crippen molar-refractivity contribution in [1.29, 1.82) is 0 Å². The maximum atomic E-state index is 13.8. The number of allylic oxidation sites excluding steroid dienone is 8. The summed E-state index contributed by atoms with van der Waals surface area (Å²) in [5.41, 5.74) is -6.49. The molecule has 0 saturated heterocycles. The number of aliphatic hydroxyl groups excluding tert-OH is 2. The minimum atomic E-state index is -2.08. The maximum absolute atomic E-state index is 13.8. The van der Waals surface area contributed by atoms with E-state index in [9.17, 15) is 34.5 Å². The quantitative estimate of drug-likeness (QED) is 0.172. The van der Waals surface area contributed by atoms with Gasteiger partial charge in [0.2, 0.25) is 0 Å². The molecule has 3 saturated carbocycles. The summed E-state index contributed by atoms with van der Waals surface area (Å²) >= 11 is 0. The monoisotopic (exact) mass is 482 g/mol. The summed E-state index contributed by atoms with van der Waals surface area (Å²) in [6.07, 6.45) is 11.6. The van der Waals surface area contributed by atoms with Crippen LogP contribution in [0.4, 0.5) is 0 Å². The van der Waals surface area contributed by atoms with E-state index >= 15 is 0 Å². The molecule has 5 atom stereocenters. The van der Waals surface area contributed by atoms with Gasteiger partial charge in [0.15, 0.2) is 23.0 Å². The molecule has 3 fully saturated rings. The van der Waals surface area contributed by atoms with Crippen molar-refractivity contribution in [3.05, 3.63) is 71.3 Å². The Hall–Kier alpha value is -3.52. The second-order valence-corrected chi connectivity index (χ2v) is 9.37. The van der Waals surface area contributed by atoms with E-state index in [2.05, 4.69) is 0 Å². The number of carbonyl (C=O) groups excluding carboxylic acids is 4. The van der Waals surface area contributed by atoms with Gasteiger partial charge in [-0.1, -0.05) is 36.5 Å². The van der Waals surface area contributed by atoms with Gasteiger partial charge in [0.1, 0.15) is 23.0 Å². The molecular weight excluding hydrogens is 452 g/mol. The van der Waals surface area contributed by atoms with E-state index in [-0.39, 0.29) is 17.6 Å². The summed E-state index contributed by atoms with van der Waals surface area (Å²) in [5, 5.41) is 32.8. The summed E-state index contributed by atoms with van der Waals surface area (Å²) in [4.78, 5) is 53.5. The smallest absolute Gasteiger partial charge is 0.338 e. The predicted octanol–water partition coefficient (Wildman–Crippen LogP) is 3.31. The zero-order valence-electron chi connectivity index (χ0n) is 20.4. The van der Waals surface area contributed by atoms with Gasteiger partial charge in [-0.2, -0.15) is 0 Å². The number of Topliss-reactive ketones (excluding diaryl/α,β-unsaturated/α-hetero) is 2. The van der Waals surface area contributed by atoms with Crippen molar-refractivity contribution < 1.29 is 39.2 Å². The largest absolute Gasteiger partial charge is 0.508 e. The van der Waals surface area contributed by atoms with Crippen molar-refractivity contribution in [3.8, 4) is 0 Å². The Morgan fingerprint density at radius 3 is 2.11 bits per heavy atom. The molecule has 4 rings (SSSR count). The lowest BCUT2D eigenvalue weighted by Crippen LogP contribution is -2.73. The van der Waals surface area contributed by atoms with Gasteiger partial charge in [-0.25, -0.2) is 4.79 Å². The minimum Gasteiger partial charge on any atom is -0.508 e. The van der Waals surface area contributed by atoms with Crippen molar-refractivity contribution in [2.24, 2.45) is 17.3 Å². The topological polar surface area (TPSA) is 138 Å². The van der Waals surface area contributed by atoms with Crippen molar-refractivity contribution >= 4 is 23.3 Å². The molecule has 8 heteroatoms. The average Bonchev–Trinajstić information content (AvgIpc) is 3.00. The molecule has 3 N–H and O–H groups in total. The Bertz CT molecular complexity index is 1180. The van der Waals surface area contributed by atoms with Crippen molar-refractivity contribution in [3.63, 3.8) is 0 Å². The lowest BCUT2D eigenvalue weighted by atomic mass is 9.43. The molecule has 1 unspecified atom stereocenters. The third kappa shape index (κ3) is 3.55. The Labute approximate surface area is 203 Å². The van der Waals surface area contributed by atoms with Crippen LogP contribution in [0.5, 0.6) is 0 Å². The van der Waals surface area contributed by atoms with Gasteiger partial charge in [-0.3, -0.25) is 14.4 Å². The lowest BCUT2D eigenvalue weighted by Gasteiger charge is -2.58. The summed E-state index contributed by atoms with van der Waals surface area (Å²) in [6, 6.07) is 0. The number of aliphatic hydroxyl groups is 3. The molecule has 0 aromatic rings. The second kappa shape index (κ2) is 8.92. The van der Waals surface area contributed by atoms with Crippen LogP contribution in [0.25, 0.3) is 0 Å². The van der Waals surface area contributed by atoms with Gasteiger partial charge in [-0.05, 0) is 53.2 Å². The van der Waals surface area contributed by atoms with Crippen LogP contribution in [0.2, 0.25) is 0 Å². The van der Waals surface area contributed by atoms with Crippen LogP contribution < -0.4 is 0 Å². The second-order valence-electron chi connectivity index (χ2n) is 9.37. The molecule has 3 aliphatic carbocycles. The fourth-order valence-corrected chi connectivity index (χ4v) is 5.45. The standard InChI is InChI=1S/C27H30O8/c1-6-8-10-12-17(28)19-16-14-27(18(29)13-11-9-7-2,20(21(19)30)23(32)25(16,4)34)26(5)22(31)15(3)24(33)35-26/h6-13,16,20,28,31,34H,14H2,1-5H3/b8-6+,9-7+,12-10+,13-11+,19-17-/t16-,20?,25+,26+,27-/m0/s1. The van der Waals surface area contributed by atoms with E-state index in [1.54, 1.807) is 38.2 Å². The Morgan fingerprint density at radius 1 is 1.03 bits per heavy atom. The van der Waals surface area contributed by atoms with Crippen molar-refractivity contribution in [2.75, 3.05) is 0 Å². The van der Waals surface area contributed by atoms with Gasteiger partial charge >= 0.3 is 5.97 Å². The van der Waals surface area contributed by atoms with Gasteiger partial charge in [0.05, 0.1) is 11.0 Å². The highest BCUT2D eigenvalue weighted by atomic mass is 16.6. The first-order valence-corrected chi connectivity index (χ1v) is 11.3. The number of ketones is 3. The summed E-state index contributed by atoms with van der Waals surface area (Å²) < 4.78 is 5.51. The Balaban J connectivity index is 2.34. The normalized spacial score (nSPS) is 37.0. The lowest BCUT2D eigenvalue weighted by molar-refractivity contribution is -0.200. The molecule has 8 nitrogen and oxygen atoms in total. The van der Waals surface area contributed by atoms with Crippen LogP contribution in [-0.2, 0) is 23.9 Å². The van der Waals surface area contributed by atoms with Gasteiger partial charge in [-0.15, -0.1) is 0 Å². The van der Waals surface area contributed by atoms with Crippen LogP contribution in [0.1, 0.15) is 41.0 Å². The molecule has 1 heterocycles. The highest BCUT2D eigenvalue weighted by Gasteiger charge is 2.77. The molecule has 35 heavy (non-hydrogen) atoms. The number of esters is 1. The molecular formula is C27H30O8. The number of cyclic esters (lactones) is 1. The highest BCUT2D eigenvalue weighted by Crippen LogP contribution is 2.63. The molecule has 4 aliphatic rings. The van der Waals surface area contributed by atoms with Crippen molar-refractivity contribution in [1.82, 2.24) is 0 Å². The van der Waals surface area contributed by atoms with Crippen LogP contribution in [0.15, 0.2) is 71.3 Å². The Kier molecular flexibility index (Phi) is 6.65. The molecule has 2 bridgehead atoms. The summed E-state index contributed by atoms with van der Waals surface area (Å²) in [6.45, 7) is 7.34. The zero-order chi connectivity index (χ0) is 26.3. The van der Waals surface area contributed by atoms with Gasteiger partial charge in [0.25, 0.3) is 0 Å². The first-order valence-electron chi connectivity index (χ1n) is 11.3. The number of ether oxygens (including phenoxy) is 1. The zero-order valence-corrected chi connectivity index (χ0v) is 20.4. The number of fused-ring (bicyclic) bond motifs is 3. The molecule has 0 aromatic heterocycles. The molecule has 0 aromatic carbocycles. The van der Waals surface area contributed by atoms with Crippen LogP contribution >= 0.6 is 0 Å². The number of hydrogen-bond acceptors (Lipinski definition) is 8. The number of rotatable bonds is 6. The van der Waals surface area contributed by atoms with Crippen molar-refractivity contribution in [2.45, 2.75) is 52.2 Å². The van der Waals surface area contributed by atoms with Crippen LogP contribution in [0.3, 0.4) is 0 Å². The molecule has 0 spiro atoms.